The highest BCUT2D eigenvalue weighted by Gasteiger charge is 2.32. The Kier molecular flexibility index (Phi) is 3.40. The molecule has 2 aliphatic rings. The molecule has 6 nitrogen and oxygen atoms in total. The van der Waals surface area contributed by atoms with Gasteiger partial charge in [-0.2, -0.15) is 0 Å². The van der Waals surface area contributed by atoms with E-state index in [0.717, 1.165) is 13.1 Å². The van der Waals surface area contributed by atoms with E-state index in [2.05, 4.69) is 5.32 Å². The second-order valence-corrected chi connectivity index (χ2v) is 4.17. The zero-order valence-corrected chi connectivity index (χ0v) is 9.44. The zero-order chi connectivity index (χ0) is 11.5. The number of ether oxygens (including phenoxy) is 1. The maximum atomic E-state index is 11.7. The molecule has 1 N–H and O–H groups in total. The van der Waals surface area contributed by atoms with Gasteiger partial charge in [-0.15, -0.1) is 0 Å². The van der Waals surface area contributed by atoms with Crippen LogP contribution in [0.15, 0.2) is 0 Å². The molecule has 0 spiro atoms. The van der Waals surface area contributed by atoms with Crippen LogP contribution in [-0.2, 0) is 14.3 Å². The summed E-state index contributed by atoms with van der Waals surface area (Å²) in [5, 5.41) is 3.20. The predicted octanol–water partition coefficient (Wildman–Crippen LogP) is -1.72. The van der Waals surface area contributed by atoms with Crippen molar-refractivity contribution in [3.05, 3.63) is 0 Å². The minimum atomic E-state index is -0.421. The summed E-state index contributed by atoms with van der Waals surface area (Å²) < 4.78 is 5.51. The number of hydrogen-bond acceptors (Lipinski definition) is 4. The minimum Gasteiger partial charge on any atom is -0.374 e. The lowest BCUT2D eigenvalue weighted by atomic mass is 10.2. The van der Waals surface area contributed by atoms with Gasteiger partial charge in [0.15, 0.2) is 0 Å². The Hall–Kier alpha value is -1.14. The number of nitrogens with one attached hydrogen (secondary N) is 1. The number of amides is 2. The monoisotopic (exact) mass is 227 g/mol. The molecule has 2 amide bonds. The third-order valence-electron chi connectivity index (χ3n) is 2.95. The predicted molar refractivity (Wildman–Crippen MR) is 56.8 cm³/mol. The largest absolute Gasteiger partial charge is 0.374 e. The smallest absolute Gasteiger partial charge is 0.312 e. The molecule has 6 heteroatoms. The van der Waals surface area contributed by atoms with Crippen molar-refractivity contribution in [3.8, 4) is 0 Å². The van der Waals surface area contributed by atoms with Gasteiger partial charge in [-0.05, 0) is 0 Å². The summed E-state index contributed by atoms with van der Waals surface area (Å²) in [6, 6.07) is 0. The van der Waals surface area contributed by atoms with Gasteiger partial charge in [0.1, 0.15) is 0 Å². The molecule has 0 saturated carbocycles. The zero-order valence-electron chi connectivity index (χ0n) is 9.44. The van der Waals surface area contributed by atoms with E-state index >= 15 is 0 Å². The summed E-state index contributed by atoms with van der Waals surface area (Å²) >= 11 is 0. The third kappa shape index (κ3) is 2.33. The molecule has 2 aliphatic heterocycles. The van der Waals surface area contributed by atoms with Crippen LogP contribution in [0.2, 0.25) is 0 Å². The van der Waals surface area contributed by atoms with Gasteiger partial charge in [0.05, 0.1) is 12.7 Å². The summed E-state index contributed by atoms with van der Waals surface area (Å²) in [7, 11) is 1.65. The second-order valence-electron chi connectivity index (χ2n) is 4.17. The summed E-state index contributed by atoms with van der Waals surface area (Å²) in [4.78, 5) is 26.2. The number of piperazine rings is 1. The first-order valence-electron chi connectivity index (χ1n) is 5.55. The van der Waals surface area contributed by atoms with Gasteiger partial charge in [0.2, 0.25) is 0 Å². The van der Waals surface area contributed by atoms with Crippen molar-refractivity contribution < 1.29 is 14.3 Å². The number of likely N-dealkylation sites (N-methyl/N-ethyl adjacent to an activating group) is 1. The van der Waals surface area contributed by atoms with E-state index in [1.165, 1.54) is 4.90 Å². The van der Waals surface area contributed by atoms with Crippen molar-refractivity contribution in [2.45, 2.75) is 6.10 Å². The molecule has 0 bridgehead atoms. The normalized spacial score (nSPS) is 27.4. The lowest BCUT2D eigenvalue weighted by Crippen LogP contribution is -2.56. The summed E-state index contributed by atoms with van der Waals surface area (Å²) in [6.45, 7) is 3.97. The average Bonchev–Trinajstić information content (AvgIpc) is 2.31. The van der Waals surface area contributed by atoms with Gasteiger partial charge in [0, 0.05) is 39.8 Å². The Labute approximate surface area is 94.5 Å². The van der Waals surface area contributed by atoms with Crippen LogP contribution in [0.1, 0.15) is 0 Å². The van der Waals surface area contributed by atoms with Crippen LogP contribution in [0.25, 0.3) is 0 Å². The van der Waals surface area contributed by atoms with E-state index in [4.69, 9.17) is 4.74 Å². The molecular weight excluding hydrogens is 210 g/mol. The van der Waals surface area contributed by atoms with Crippen LogP contribution in [0.3, 0.4) is 0 Å². The highest BCUT2D eigenvalue weighted by molar-refractivity contribution is 6.35. The molecule has 1 atom stereocenters. The van der Waals surface area contributed by atoms with Crippen LogP contribution in [0, 0.1) is 0 Å². The number of hydrogen-bond donors (Lipinski definition) is 1. The summed E-state index contributed by atoms with van der Waals surface area (Å²) in [5.41, 5.74) is 0. The number of carbonyl (C=O) groups is 2. The fourth-order valence-corrected chi connectivity index (χ4v) is 1.93. The minimum absolute atomic E-state index is 0.00825. The molecule has 0 aromatic rings. The van der Waals surface area contributed by atoms with Gasteiger partial charge in [-0.3, -0.25) is 9.59 Å². The van der Waals surface area contributed by atoms with Crippen molar-refractivity contribution in [1.82, 2.24) is 15.1 Å². The van der Waals surface area contributed by atoms with Crippen LogP contribution in [-0.4, -0.2) is 74.1 Å². The Morgan fingerprint density at radius 3 is 2.88 bits per heavy atom. The fraction of sp³-hybridized carbons (Fsp3) is 0.800. The Morgan fingerprint density at radius 1 is 1.38 bits per heavy atom. The molecule has 2 fully saturated rings. The molecule has 2 rings (SSSR count). The number of morpholine rings is 1. The number of rotatable bonds is 2. The SMILES string of the molecule is CN1CCN(CC2CNCCO2)C(=O)C1=O. The van der Waals surface area contributed by atoms with E-state index in [1.54, 1.807) is 11.9 Å². The van der Waals surface area contributed by atoms with Gasteiger partial charge in [-0.1, -0.05) is 0 Å². The Morgan fingerprint density at radius 2 is 2.19 bits per heavy atom. The quantitative estimate of drug-likeness (QED) is 0.570. The van der Waals surface area contributed by atoms with Crippen LogP contribution in [0.4, 0.5) is 0 Å². The van der Waals surface area contributed by atoms with E-state index < -0.39 is 11.8 Å². The standard InChI is InChI=1S/C10H17N3O3/c1-12-3-4-13(10(15)9(12)14)7-8-6-11-2-5-16-8/h8,11H,2-7H2,1H3. The van der Waals surface area contributed by atoms with Crippen molar-refractivity contribution >= 4 is 11.8 Å². The van der Waals surface area contributed by atoms with Crippen molar-refractivity contribution in [2.24, 2.45) is 0 Å². The van der Waals surface area contributed by atoms with E-state index in [1.807, 2.05) is 0 Å². The second kappa shape index (κ2) is 4.80. The van der Waals surface area contributed by atoms with Crippen molar-refractivity contribution in [2.75, 3.05) is 46.4 Å². The van der Waals surface area contributed by atoms with Crippen LogP contribution < -0.4 is 5.32 Å². The number of nitrogens with zero attached hydrogens (tertiary/aromatic N) is 2. The third-order valence-corrected chi connectivity index (χ3v) is 2.95. The molecule has 0 aromatic carbocycles. The van der Waals surface area contributed by atoms with E-state index in [0.29, 0.717) is 26.2 Å². The lowest BCUT2D eigenvalue weighted by molar-refractivity contribution is -0.156. The van der Waals surface area contributed by atoms with Gasteiger partial charge in [0.25, 0.3) is 0 Å². The maximum Gasteiger partial charge on any atom is 0.312 e. The van der Waals surface area contributed by atoms with E-state index in [-0.39, 0.29) is 6.10 Å². The lowest BCUT2D eigenvalue weighted by Gasteiger charge is -2.34. The highest BCUT2D eigenvalue weighted by atomic mass is 16.5. The molecule has 90 valence electrons. The molecule has 1 unspecified atom stereocenters. The molecule has 2 saturated heterocycles. The van der Waals surface area contributed by atoms with Crippen LogP contribution in [0.5, 0.6) is 0 Å². The van der Waals surface area contributed by atoms with Gasteiger partial charge < -0.3 is 19.9 Å². The maximum absolute atomic E-state index is 11.7. The van der Waals surface area contributed by atoms with Crippen molar-refractivity contribution in [3.63, 3.8) is 0 Å². The molecule has 0 aromatic heterocycles. The topological polar surface area (TPSA) is 61.9 Å². The summed E-state index contributed by atoms with van der Waals surface area (Å²) in [6.07, 6.45) is 0.00825. The summed E-state index contributed by atoms with van der Waals surface area (Å²) in [5.74, 6) is -0.835. The highest BCUT2D eigenvalue weighted by Crippen LogP contribution is 2.06. The first kappa shape index (κ1) is 11.3. The number of carbonyl (C=O) groups excluding carboxylic acids is 2. The molecule has 2 heterocycles. The molecular formula is C10H17N3O3. The van der Waals surface area contributed by atoms with Gasteiger partial charge >= 0.3 is 11.8 Å². The van der Waals surface area contributed by atoms with Gasteiger partial charge in [-0.25, -0.2) is 0 Å². The Bertz CT molecular complexity index is 289. The molecule has 0 radical (unpaired) electrons. The molecule has 16 heavy (non-hydrogen) atoms. The first-order chi connectivity index (χ1) is 7.68. The van der Waals surface area contributed by atoms with Crippen LogP contribution >= 0.6 is 0 Å². The Balaban J connectivity index is 1.89. The first-order valence-corrected chi connectivity index (χ1v) is 5.55. The fourth-order valence-electron chi connectivity index (χ4n) is 1.93. The average molecular weight is 227 g/mol. The molecule has 0 aliphatic carbocycles. The van der Waals surface area contributed by atoms with E-state index in [9.17, 15) is 9.59 Å². The van der Waals surface area contributed by atoms with Crippen molar-refractivity contribution in [1.29, 1.82) is 0 Å².